The molecule has 4 nitrogen and oxygen atoms in total. The number of carbonyl (C=O) groups is 2. The maximum atomic E-state index is 12.1. The van der Waals surface area contributed by atoms with E-state index >= 15 is 0 Å². The first-order valence-corrected chi connectivity index (χ1v) is 7.47. The van der Waals surface area contributed by atoms with Gasteiger partial charge < -0.3 is 9.47 Å². The molecule has 0 fully saturated rings. The largest absolute Gasteiger partial charge is 0.462 e. The van der Waals surface area contributed by atoms with Crippen LogP contribution in [0.4, 0.5) is 0 Å². The summed E-state index contributed by atoms with van der Waals surface area (Å²) in [5.74, 6) is -0.949. The molecular formula is C16H21ClO4. The van der Waals surface area contributed by atoms with Crippen LogP contribution >= 0.6 is 11.6 Å². The molecule has 0 heterocycles. The second kappa shape index (κ2) is 8.67. The van der Waals surface area contributed by atoms with E-state index in [-0.39, 0.29) is 28.7 Å². The van der Waals surface area contributed by atoms with E-state index < -0.39 is 11.9 Å². The molecule has 0 aliphatic heterocycles. The average molecular weight is 313 g/mol. The Morgan fingerprint density at radius 1 is 1.19 bits per heavy atom. The smallest absolute Gasteiger partial charge is 0.340 e. The van der Waals surface area contributed by atoms with E-state index in [1.807, 2.05) is 20.8 Å². The van der Waals surface area contributed by atoms with Gasteiger partial charge in [-0.05, 0) is 24.5 Å². The van der Waals surface area contributed by atoms with Crippen molar-refractivity contribution in [2.24, 2.45) is 5.92 Å². The minimum Gasteiger partial charge on any atom is -0.462 e. The minimum absolute atomic E-state index is 0.0707. The number of esters is 2. The summed E-state index contributed by atoms with van der Waals surface area (Å²) >= 11 is 6.04. The van der Waals surface area contributed by atoms with Crippen LogP contribution in [0.3, 0.4) is 0 Å². The fraction of sp³-hybridized carbons (Fsp3) is 0.500. The SMILES string of the molecule is CCCCOC(=O)c1cccc(Cl)c1C(=O)OCC(C)C. The fourth-order valence-corrected chi connectivity index (χ4v) is 1.85. The summed E-state index contributed by atoms with van der Waals surface area (Å²) < 4.78 is 10.3. The first kappa shape index (κ1) is 17.5. The average Bonchev–Trinajstić information content (AvgIpc) is 2.44. The van der Waals surface area contributed by atoms with E-state index in [4.69, 9.17) is 21.1 Å². The van der Waals surface area contributed by atoms with Gasteiger partial charge in [-0.1, -0.05) is 44.9 Å². The number of unbranched alkanes of at least 4 members (excludes halogenated alkanes) is 1. The van der Waals surface area contributed by atoms with Crippen molar-refractivity contribution in [1.29, 1.82) is 0 Å². The first-order valence-electron chi connectivity index (χ1n) is 7.10. The van der Waals surface area contributed by atoms with Gasteiger partial charge in [0.05, 0.1) is 29.4 Å². The lowest BCUT2D eigenvalue weighted by Gasteiger charge is -2.12. The molecule has 0 aliphatic carbocycles. The number of rotatable bonds is 7. The molecule has 116 valence electrons. The molecule has 0 amide bonds. The van der Waals surface area contributed by atoms with Crippen molar-refractivity contribution in [2.75, 3.05) is 13.2 Å². The standard InChI is InChI=1S/C16H21ClO4/c1-4-5-9-20-15(18)12-7-6-8-13(17)14(12)16(19)21-10-11(2)3/h6-8,11H,4-5,9-10H2,1-3H3. The normalized spacial score (nSPS) is 10.5. The van der Waals surface area contributed by atoms with Gasteiger partial charge in [-0.2, -0.15) is 0 Å². The number of halogens is 1. The predicted octanol–water partition coefficient (Wildman–Crippen LogP) is 4.11. The van der Waals surface area contributed by atoms with Gasteiger partial charge in [-0.15, -0.1) is 0 Å². The predicted molar refractivity (Wildman–Crippen MR) is 81.8 cm³/mol. The van der Waals surface area contributed by atoms with E-state index in [1.165, 1.54) is 6.07 Å². The summed E-state index contributed by atoms with van der Waals surface area (Å²) in [4.78, 5) is 24.2. The number of benzene rings is 1. The maximum Gasteiger partial charge on any atom is 0.340 e. The Morgan fingerprint density at radius 3 is 2.52 bits per heavy atom. The van der Waals surface area contributed by atoms with Crippen LogP contribution in [-0.2, 0) is 9.47 Å². The summed E-state index contributed by atoms with van der Waals surface area (Å²) in [7, 11) is 0. The molecular weight excluding hydrogens is 292 g/mol. The lowest BCUT2D eigenvalue weighted by Crippen LogP contribution is -2.16. The van der Waals surface area contributed by atoms with Crippen LogP contribution in [0.5, 0.6) is 0 Å². The summed E-state index contributed by atoms with van der Waals surface area (Å²) in [5.41, 5.74) is 0.216. The van der Waals surface area contributed by atoms with Crippen molar-refractivity contribution in [3.63, 3.8) is 0 Å². The molecule has 0 bridgehead atoms. The van der Waals surface area contributed by atoms with Crippen LogP contribution in [-0.4, -0.2) is 25.2 Å². The molecule has 0 unspecified atom stereocenters. The van der Waals surface area contributed by atoms with Crippen molar-refractivity contribution in [3.05, 3.63) is 34.3 Å². The van der Waals surface area contributed by atoms with Crippen molar-refractivity contribution in [1.82, 2.24) is 0 Å². The van der Waals surface area contributed by atoms with Gasteiger partial charge >= 0.3 is 11.9 Å². The highest BCUT2D eigenvalue weighted by Crippen LogP contribution is 2.22. The highest BCUT2D eigenvalue weighted by molar-refractivity contribution is 6.34. The number of hydrogen-bond donors (Lipinski definition) is 0. The lowest BCUT2D eigenvalue weighted by molar-refractivity contribution is 0.0428. The molecule has 0 aliphatic rings. The molecule has 1 aromatic carbocycles. The van der Waals surface area contributed by atoms with Crippen molar-refractivity contribution >= 4 is 23.5 Å². The van der Waals surface area contributed by atoms with Gasteiger partial charge in [-0.25, -0.2) is 9.59 Å². The van der Waals surface area contributed by atoms with Crippen LogP contribution in [0.2, 0.25) is 5.02 Å². The molecule has 0 aromatic heterocycles. The van der Waals surface area contributed by atoms with E-state index in [9.17, 15) is 9.59 Å². The maximum absolute atomic E-state index is 12.1. The van der Waals surface area contributed by atoms with Gasteiger partial charge in [-0.3, -0.25) is 0 Å². The van der Waals surface area contributed by atoms with Crippen LogP contribution in [0, 0.1) is 5.92 Å². The summed E-state index contributed by atoms with van der Waals surface area (Å²) in [5, 5.41) is 0.189. The Kier molecular flexibility index (Phi) is 7.23. The van der Waals surface area contributed by atoms with E-state index in [0.29, 0.717) is 6.61 Å². The molecule has 0 N–H and O–H groups in total. The van der Waals surface area contributed by atoms with E-state index in [1.54, 1.807) is 12.1 Å². The third kappa shape index (κ3) is 5.38. The van der Waals surface area contributed by atoms with Crippen molar-refractivity contribution < 1.29 is 19.1 Å². The second-order valence-electron chi connectivity index (χ2n) is 5.14. The Balaban J connectivity index is 2.92. The third-order valence-electron chi connectivity index (χ3n) is 2.72. The fourth-order valence-electron chi connectivity index (χ4n) is 1.60. The highest BCUT2D eigenvalue weighted by atomic mass is 35.5. The summed E-state index contributed by atoms with van der Waals surface area (Å²) in [6.07, 6.45) is 1.70. The van der Waals surface area contributed by atoms with Crippen LogP contribution in [0.25, 0.3) is 0 Å². The molecule has 0 radical (unpaired) electrons. The highest BCUT2D eigenvalue weighted by Gasteiger charge is 2.22. The van der Waals surface area contributed by atoms with Crippen LogP contribution < -0.4 is 0 Å². The zero-order valence-corrected chi connectivity index (χ0v) is 13.4. The van der Waals surface area contributed by atoms with Crippen molar-refractivity contribution in [3.8, 4) is 0 Å². The second-order valence-corrected chi connectivity index (χ2v) is 5.55. The number of ether oxygens (including phenoxy) is 2. The van der Waals surface area contributed by atoms with Gasteiger partial charge in [0.25, 0.3) is 0 Å². The Labute approximate surface area is 130 Å². The molecule has 0 saturated carbocycles. The first-order chi connectivity index (χ1) is 9.97. The lowest BCUT2D eigenvalue weighted by atomic mass is 10.1. The van der Waals surface area contributed by atoms with Gasteiger partial charge in [0.15, 0.2) is 0 Å². The summed E-state index contributed by atoms with van der Waals surface area (Å²) in [6, 6.07) is 4.68. The molecule has 1 aromatic rings. The van der Waals surface area contributed by atoms with E-state index in [2.05, 4.69) is 0 Å². The van der Waals surface area contributed by atoms with Gasteiger partial charge in [0, 0.05) is 0 Å². The molecule has 5 heteroatoms. The van der Waals surface area contributed by atoms with Crippen LogP contribution in [0.1, 0.15) is 54.3 Å². The Bertz CT molecular complexity index is 497. The zero-order chi connectivity index (χ0) is 15.8. The monoisotopic (exact) mass is 312 g/mol. The zero-order valence-electron chi connectivity index (χ0n) is 12.6. The molecule has 0 saturated heterocycles. The van der Waals surface area contributed by atoms with Gasteiger partial charge in [0.1, 0.15) is 0 Å². The Hall–Kier alpha value is -1.55. The Morgan fingerprint density at radius 2 is 1.90 bits per heavy atom. The van der Waals surface area contributed by atoms with Crippen LogP contribution in [0.15, 0.2) is 18.2 Å². The third-order valence-corrected chi connectivity index (χ3v) is 3.03. The van der Waals surface area contributed by atoms with Gasteiger partial charge in [0.2, 0.25) is 0 Å². The quantitative estimate of drug-likeness (QED) is 0.561. The summed E-state index contributed by atoms with van der Waals surface area (Å²) in [6.45, 7) is 6.46. The topological polar surface area (TPSA) is 52.6 Å². The number of hydrogen-bond acceptors (Lipinski definition) is 4. The minimum atomic E-state index is -0.600. The molecule has 21 heavy (non-hydrogen) atoms. The molecule has 0 spiro atoms. The van der Waals surface area contributed by atoms with Crippen molar-refractivity contribution in [2.45, 2.75) is 33.6 Å². The number of carbonyl (C=O) groups excluding carboxylic acids is 2. The van der Waals surface area contributed by atoms with E-state index in [0.717, 1.165) is 12.8 Å². The molecule has 1 rings (SSSR count). The molecule has 0 atom stereocenters.